The van der Waals surface area contributed by atoms with Gasteiger partial charge in [-0.3, -0.25) is 19.3 Å². The van der Waals surface area contributed by atoms with Crippen molar-refractivity contribution in [2.45, 2.75) is 0 Å². The number of imide groups is 1. The Bertz CT molecular complexity index is 1210. The van der Waals surface area contributed by atoms with Crippen molar-refractivity contribution in [1.82, 2.24) is 4.90 Å². The maximum absolute atomic E-state index is 13.7. The lowest BCUT2D eigenvalue weighted by atomic mass is 10.2. The molecule has 13 heteroatoms. The highest BCUT2D eigenvalue weighted by Gasteiger charge is 2.36. The lowest BCUT2D eigenvalue weighted by Gasteiger charge is -2.13. The number of thioether (sulfide) groups is 1. The third-order valence-electron chi connectivity index (χ3n) is 4.09. The van der Waals surface area contributed by atoms with Crippen molar-refractivity contribution in [1.29, 1.82) is 0 Å². The van der Waals surface area contributed by atoms with Crippen LogP contribution in [0.2, 0.25) is 0 Å². The molecule has 33 heavy (non-hydrogen) atoms. The Morgan fingerprint density at radius 3 is 2.58 bits per heavy atom. The first kappa shape index (κ1) is 24.3. The second-order valence-corrected chi connectivity index (χ2v) is 8.31. The van der Waals surface area contributed by atoms with Gasteiger partial charge in [0.2, 0.25) is 5.91 Å². The van der Waals surface area contributed by atoms with E-state index < -0.39 is 59.3 Å². The minimum Gasteiger partial charge on any atom is -0.481 e. The largest absolute Gasteiger partial charge is 0.481 e. The number of benzene rings is 2. The summed E-state index contributed by atoms with van der Waals surface area (Å²) in [6.07, 6.45) is 1.29. The van der Waals surface area contributed by atoms with Crippen LogP contribution in [-0.4, -0.2) is 46.2 Å². The van der Waals surface area contributed by atoms with E-state index in [0.29, 0.717) is 32.8 Å². The van der Waals surface area contributed by atoms with Crippen molar-refractivity contribution in [3.05, 3.63) is 62.7 Å². The molecule has 3 amide bonds. The molecule has 8 nitrogen and oxygen atoms in total. The maximum Gasteiger partial charge on any atom is 0.341 e. The second kappa shape index (κ2) is 10.1. The zero-order chi connectivity index (χ0) is 24.3. The third-order valence-corrected chi connectivity index (χ3v) is 5.49. The Morgan fingerprint density at radius 2 is 1.88 bits per heavy atom. The fraction of sp³-hybridized carbons (Fsp3) is 0.100. The van der Waals surface area contributed by atoms with E-state index in [1.807, 2.05) is 5.32 Å². The average Bonchev–Trinajstić information content (AvgIpc) is 3.01. The number of halogens is 4. The first-order valence-corrected chi connectivity index (χ1v) is 10.5. The van der Waals surface area contributed by atoms with E-state index in [-0.39, 0.29) is 10.7 Å². The summed E-state index contributed by atoms with van der Waals surface area (Å²) in [6.45, 7) is -1.44. The molecule has 2 aromatic carbocycles. The number of carboxylic acids is 1. The Kier molecular flexibility index (Phi) is 7.43. The van der Waals surface area contributed by atoms with Gasteiger partial charge in [-0.15, -0.1) is 0 Å². The number of carboxylic acid groups (broad SMARTS) is 1. The number of carbonyl (C=O) groups is 4. The van der Waals surface area contributed by atoms with Gasteiger partial charge in [0.15, 0.2) is 24.1 Å². The van der Waals surface area contributed by atoms with Crippen molar-refractivity contribution < 1.29 is 42.2 Å². The molecule has 0 aromatic heterocycles. The number of carbonyl (C=O) groups excluding carboxylic acids is 3. The van der Waals surface area contributed by atoms with Gasteiger partial charge < -0.3 is 15.2 Å². The van der Waals surface area contributed by atoms with Gasteiger partial charge in [-0.25, -0.2) is 18.0 Å². The van der Waals surface area contributed by atoms with Gasteiger partial charge in [0.05, 0.1) is 10.6 Å². The minimum atomic E-state index is -1.78. The van der Waals surface area contributed by atoms with Crippen LogP contribution in [0.15, 0.2) is 39.7 Å². The lowest BCUT2D eigenvalue weighted by Crippen LogP contribution is -2.36. The number of rotatable bonds is 7. The predicted molar refractivity (Wildman–Crippen MR) is 115 cm³/mol. The lowest BCUT2D eigenvalue weighted by molar-refractivity contribution is -0.139. The van der Waals surface area contributed by atoms with E-state index in [2.05, 4.69) is 15.9 Å². The zero-order valence-corrected chi connectivity index (χ0v) is 18.6. The van der Waals surface area contributed by atoms with Crippen molar-refractivity contribution in [2.24, 2.45) is 0 Å². The Morgan fingerprint density at radius 1 is 1.15 bits per heavy atom. The number of amides is 3. The molecule has 0 radical (unpaired) electrons. The molecule has 0 saturated carbocycles. The summed E-state index contributed by atoms with van der Waals surface area (Å²) in [5, 5.41) is 9.97. The van der Waals surface area contributed by atoms with Gasteiger partial charge in [-0.05, 0) is 48.2 Å². The van der Waals surface area contributed by atoms with Gasteiger partial charge in [-0.1, -0.05) is 15.9 Å². The quantitative estimate of drug-likeness (QED) is 0.400. The molecule has 1 heterocycles. The number of hydrogen-bond acceptors (Lipinski definition) is 6. The molecule has 0 spiro atoms. The van der Waals surface area contributed by atoms with E-state index in [1.54, 1.807) is 6.07 Å². The molecule has 1 saturated heterocycles. The van der Waals surface area contributed by atoms with E-state index in [9.17, 15) is 32.3 Å². The highest BCUT2D eigenvalue weighted by Crippen LogP contribution is 2.35. The van der Waals surface area contributed by atoms with Crippen LogP contribution in [0.25, 0.3) is 6.08 Å². The van der Waals surface area contributed by atoms with E-state index in [1.165, 1.54) is 18.2 Å². The molecule has 2 aromatic rings. The Labute approximate surface area is 196 Å². The minimum absolute atomic E-state index is 0.0786. The Hall–Kier alpha value is -3.32. The normalized spacial score (nSPS) is 14.7. The first-order valence-electron chi connectivity index (χ1n) is 8.89. The van der Waals surface area contributed by atoms with Crippen LogP contribution in [0, 0.1) is 17.5 Å². The molecular weight excluding hydrogens is 533 g/mol. The number of nitrogens with one attached hydrogen (secondary N) is 1. The van der Waals surface area contributed by atoms with Crippen LogP contribution in [0.1, 0.15) is 5.56 Å². The maximum atomic E-state index is 13.7. The molecular formula is C20H12BrF3N2O6S. The van der Waals surface area contributed by atoms with Crippen molar-refractivity contribution in [3.63, 3.8) is 0 Å². The summed E-state index contributed by atoms with van der Waals surface area (Å²) in [5.74, 6) is -7.78. The van der Waals surface area contributed by atoms with Crippen LogP contribution < -0.4 is 10.1 Å². The van der Waals surface area contributed by atoms with Crippen LogP contribution in [-0.2, 0) is 14.4 Å². The molecule has 172 valence electrons. The zero-order valence-electron chi connectivity index (χ0n) is 16.2. The SMILES string of the molecule is O=C(O)COc1ccc(Br)cc1/C=C1/SC(=O)N(CC(=O)Nc2ccc(F)c(F)c2F)C1=O. The molecule has 0 bridgehead atoms. The highest BCUT2D eigenvalue weighted by atomic mass is 79.9. The van der Waals surface area contributed by atoms with E-state index in [0.717, 1.165) is 6.07 Å². The fourth-order valence-corrected chi connectivity index (χ4v) is 3.84. The topological polar surface area (TPSA) is 113 Å². The van der Waals surface area contributed by atoms with Gasteiger partial charge in [0, 0.05) is 10.0 Å². The van der Waals surface area contributed by atoms with Gasteiger partial charge in [-0.2, -0.15) is 0 Å². The Balaban J connectivity index is 1.77. The van der Waals surface area contributed by atoms with E-state index >= 15 is 0 Å². The third kappa shape index (κ3) is 5.73. The summed E-state index contributed by atoms with van der Waals surface area (Å²) < 4.78 is 45.8. The summed E-state index contributed by atoms with van der Waals surface area (Å²) in [7, 11) is 0. The van der Waals surface area contributed by atoms with E-state index in [4.69, 9.17) is 9.84 Å². The summed E-state index contributed by atoms with van der Waals surface area (Å²) in [4.78, 5) is 48.3. The van der Waals surface area contributed by atoms with Crippen LogP contribution in [0.5, 0.6) is 5.75 Å². The number of hydrogen-bond donors (Lipinski definition) is 2. The molecule has 0 atom stereocenters. The van der Waals surface area contributed by atoms with Crippen molar-refractivity contribution in [3.8, 4) is 5.75 Å². The smallest absolute Gasteiger partial charge is 0.341 e. The van der Waals surface area contributed by atoms with Crippen LogP contribution >= 0.6 is 27.7 Å². The first-order chi connectivity index (χ1) is 15.6. The fourth-order valence-electron chi connectivity index (χ4n) is 2.64. The summed E-state index contributed by atoms with van der Waals surface area (Å²) in [6, 6.07) is 5.99. The molecule has 1 fully saturated rings. The van der Waals surface area contributed by atoms with Gasteiger partial charge >= 0.3 is 5.97 Å². The molecule has 0 unspecified atom stereocenters. The van der Waals surface area contributed by atoms with Crippen LogP contribution in [0.4, 0.5) is 23.7 Å². The van der Waals surface area contributed by atoms with Crippen molar-refractivity contribution in [2.75, 3.05) is 18.5 Å². The molecule has 2 N–H and O–H groups in total. The molecule has 1 aliphatic rings. The monoisotopic (exact) mass is 544 g/mol. The highest BCUT2D eigenvalue weighted by molar-refractivity contribution is 9.10. The standard InChI is InChI=1S/C20H12BrF3N2O6S/c21-10-1-4-13(32-8-16(28)29)9(5-10)6-14-19(30)26(20(31)33-14)7-15(27)25-12-3-2-11(22)17(23)18(12)24/h1-6H,7-8H2,(H,25,27)(H,28,29)/b14-6+. The average molecular weight is 545 g/mol. The number of aliphatic carboxylic acids is 1. The molecule has 1 aliphatic heterocycles. The molecule has 3 rings (SSSR count). The van der Waals surface area contributed by atoms with Gasteiger partial charge in [0.1, 0.15) is 12.3 Å². The van der Waals surface area contributed by atoms with Crippen LogP contribution in [0.3, 0.4) is 0 Å². The number of anilines is 1. The predicted octanol–water partition coefficient (Wildman–Crippen LogP) is 4.00. The van der Waals surface area contributed by atoms with Crippen molar-refractivity contribution >= 4 is 62.5 Å². The second-order valence-electron chi connectivity index (χ2n) is 6.40. The molecule has 0 aliphatic carbocycles. The number of nitrogens with zero attached hydrogens (tertiary/aromatic N) is 1. The number of ether oxygens (including phenoxy) is 1. The summed E-state index contributed by atoms with van der Waals surface area (Å²) >= 11 is 3.76. The summed E-state index contributed by atoms with van der Waals surface area (Å²) in [5.41, 5.74) is -0.361. The van der Waals surface area contributed by atoms with Gasteiger partial charge in [0.25, 0.3) is 11.1 Å².